The SMILES string of the molecule is C[C@H](OC(=O)/C=C/c1cccc([N+](=O)[O-])c1)C(=O)Nc1ccc(Cl)cc1Cl. The molecule has 0 bridgehead atoms. The van der Waals surface area contributed by atoms with Crippen molar-refractivity contribution in [3.8, 4) is 0 Å². The van der Waals surface area contributed by atoms with Crippen LogP contribution in [0.2, 0.25) is 10.0 Å². The largest absolute Gasteiger partial charge is 0.449 e. The van der Waals surface area contributed by atoms with E-state index in [-0.39, 0.29) is 10.7 Å². The fourth-order valence-electron chi connectivity index (χ4n) is 2.00. The number of ether oxygens (including phenoxy) is 1. The molecule has 0 heterocycles. The minimum atomic E-state index is -1.08. The number of hydrogen-bond donors (Lipinski definition) is 1. The molecule has 1 atom stereocenters. The summed E-state index contributed by atoms with van der Waals surface area (Å²) in [5.41, 5.74) is 0.686. The summed E-state index contributed by atoms with van der Waals surface area (Å²) in [6, 6.07) is 10.3. The van der Waals surface area contributed by atoms with Crippen molar-refractivity contribution in [3.05, 3.63) is 74.3 Å². The molecule has 0 spiro atoms. The molecule has 0 aliphatic rings. The highest BCUT2D eigenvalue weighted by atomic mass is 35.5. The van der Waals surface area contributed by atoms with Gasteiger partial charge in [-0.25, -0.2) is 4.79 Å². The number of carbonyl (C=O) groups is 2. The Morgan fingerprint density at radius 2 is 1.96 bits per heavy atom. The van der Waals surface area contributed by atoms with Crippen molar-refractivity contribution in [2.24, 2.45) is 0 Å². The monoisotopic (exact) mass is 408 g/mol. The molecular formula is C18H14Cl2N2O5. The van der Waals surface area contributed by atoms with Gasteiger partial charge in [0, 0.05) is 23.2 Å². The number of non-ortho nitro benzene ring substituents is 1. The molecule has 0 saturated carbocycles. The second kappa shape index (κ2) is 9.16. The smallest absolute Gasteiger partial charge is 0.331 e. The van der Waals surface area contributed by atoms with Crippen LogP contribution in [-0.4, -0.2) is 22.9 Å². The number of nitro benzene ring substituents is 1. The number of amides is 1. The van der Waals surface area contributed by atoms with Gasteiger partial charge >= 0.3 is 5.97 Å². The molecule has 2 aromatic carbocycles. The van der Waals surface area contributed by atoms with E-state index >= 15 is 0 Å². The standard InChI is InChI=1S/C18H14Cl2N2O5/c1-11(18(24)21-16-7-6-13(19)10-15(16)20)27-17(23)8-5-12-3-2-4-14(9-12)22(25)26/h2-11H,1H3,(H,21,24)/b8-5+/t11-/m0/s1. The van der Waals surface area contributed by atoms with Gasteiger partial charge in [0.05, 0.1) is 15.6 Å². The Morgan fingerprint density at radius 3 is 2.63 bits per heavy atom. The topological polar surface area (TPSA) is 98.5 Å². The maximum Gasteiger partial charge on any atom is 0.331 e. The van der Waals surface area contributed by atoms with Gasteiger partial charge in [-0.15, -0.1) is 0 Å². The van der Waals surface area contributed by atoms with Crippen molar-refractivity contribution in [1.29, 1.82) is 0 Å². The molecule has 0 aromatic heterocycles. The summed E-state index contributed by atoms with van der Waals surface area (Å²) in [5.74, 6) is -1.34. The highest BCUT2D eigenvalue weighted by Crippen LogP contribution is 2.25. The van der Waals surface area contributed by atoms with Crippen molar-refractivity contribution in [3.63, 3.8) is 0 Å². The number of anilines is 1. The zero-order valence-corrected chi connectivity index (χ0v) is 15.5. The molecule has 0 aliphatic heterocycles. The highest BCUT2D eigenvalue weighted by Gasteiger charge is 2.17. The van der Waals surface area contributed by atoms with Gasteiger partial charge in [0.2, 0.25) is 0 Å². The van der Waals surface area contributed by atoms with Crippen LogP contribution in [0.3, 0.4) is 0 Å². The Balaban J connectivity index is 1.95. The van der Waals surface area contributed by atoms with E-state index in [0.717, 1.165) is 6.08 Å². The predicted octanol–water partition coefficient (Wildman–Crippen LogP) is 4.49. The first-order chi connectivity index (χ1) is 12.8. The number of esters is 1. The van der Waals surface area contributed by atoms with Crippen LogP contribution in [0.5, 0.6) is 0 Å². The lowest BCUT2D eigenvalue weighted by Crippen LogP contribution is -2.29. The number of carbonyl (C=O) groups excluding carboxylic acids is 2. The Morgan fingerprint density at radius 1 is 1.22 bits per heavy atom. The van der Waals surface area contributed by atoms with E-state index in [0.29, 0.717) is 16.3 Å². The first-order valence-corrected chi connectivity index (χ1v) is 8.41. The summed E-state index contributed by atoms with van der Waals surface area (Å²) in [6.45, 7) is 1.40. The van der Waals surface area contributed by atoms with E-state index in [9.17, 15) is 19.7 Å². The van der Waals surface area contributed by atoms with Crippen LogP contribution in [0.4, 0.5) is 11.4 Å². The van der Waals surface area contributed by atoms with Gasteiger partial charge in [-0.1, -0.05) is 35.3 Å². The summed E-state index contributed by atoms with van der Waals surface area (Å²) in [5, 5.41) is 13.9. The third kappa shape index (κ3) is 6.09. The minimum Gasteiger partial charge on any atom is -0.449 e. The molecule has 0 unspecified atom stereocenters. The average molecular weight is 409 g/mol. The fourth-order valence-corrected chi connectivity index (χ4v) is 2.45. The summed E-state index contributed by atoms with van der Waals surface area (Å²) >= 11 is 11.8. The van der Waals surface area contributed by atoms with Gasteiger partial charge in [-0.3, -0.25) is 14.9 Å². The Labute approximate surface area is 164 Å². The van der Waals surface area contributed by atoms with Crippen LogP contribution < -0.4 is 5.32 Å². The summed E-state index contributed by atoms with van der Waals surface area (Å²) < 4.78 is 5.01. The minimum absolute atomic E-state index is 0.0990. The van der Waals surface area contributed by atoms with Crippen LogP contribution >= 0.6 is 23.2 Å². The van der Waals surface area contributed by atoms with Gasteiger partial charge in [0.15, 0.2) is 6.10 Å². The molecule has 7 nitrogen and oxygen atoms in total. The van der Waals surface area contributed by atoms with Crippen molar-refractivity contribution in [2.75, 3.05) is 5.32 Å². The Hall–Kier alpha value is -2.90. The van der Waals surface area contributed by atoms with Crippen molar-refractivity contribution in [2.45, 2.75) is 13.0 Å². The molecule has 9 heteroatoms. The number of benzene rings is 2. The summed E-state index contributed by atoms with van der Waals surface area (Å²) in [6.07, 6.45) is 1.35. The van der Waals surface area contributed by atoms with Gasteiger partial charge in [-0.2, -0.15) is 0 Å². The highest BCUT2D eigenvalue weighted by molar-refractivity contribution is 6.36. The maximum absolute atomic E-state index is 12.1. The van der Waals surface area contributed by atoms with E-state index < -0.39 is 22.9 Å². The molecular weight excluding hydrogens is 395 g/mol. The quantitative estimate of drug-likeness (QED) is 0.328. The lowest BCUT2D eigenvalue weighted by Gasteiger charge is -2.13. The molecule has 2 aromatic rings. The Kier molecular flexibility index (Phi) is 6.92. The van der Waals surface area contributed by atoms with Crippen molar-refractivity contribution in [1.82, 2.24) is 0 Å². The van der Waals surface area contributed by atoms with Crippen LogP contribution in [0.25, 0.3) is 6.08 Å². The van der Waals surface area contributed by atoms with Crippen LogP contribution in [0, 0.1) is 10.1 Å². The summed E-state index contributed by atoms with van der Waals surface area (Å²) in [4.78, 5) is 34.1. The van der Waals surface area contributed by atoms with Gasteiger partial charge in [0.25, 0.3) is 11.6 Å². The molecule has 1 N–H and O–H groups in total. The zero-order valence-electron chi connectivity index (χ0n) is 14.0. The molecule has 0 saturated heterocycles. The van der Waals surface area contributed by atoms with E-state index in [2.05, 4.69) is 5.32 Å². The second-order valence-corrected chi connectivity index (χ2v) is 6.22. The Bertz CT molecular complexity index is 914. The molecule has 140 valence electrons. The molecule has 27 heavy (non-hydrogen) atoms. The third-order valence-corrected chi connectivity index (χ3v) is 3.89. The molecule has 1 amide bonds. The number of nitrogens with one attached hydrogen (secondary N) is 1. The first kappa shape index (κ1) is 20.4. The van der Waals surface area contributed by atoms with E-state index in [4.69, 9.17) is 27.9 Å². The van der Waals surface area contributed by atoms with Crippen LogP contribution in [0.1, 0.15) is 12.5 Å². The number of hydrogen-bond acceptors (Lipinski definition) is 5. The molecule has 0 radical (unpaired) electrons. The van der Waals surface area contributed by atoms with Gasteiger partial charge in [0.1, 0.15) is 0 Å². The first-order valence-electron chi connectivity index (χ1n) is 7.65. The van der Waals surface area contributed by atoms with Crippen LogP contribution in [0.15, 0.2) is 48.5 Å². The summed E-state index contributed by atoms with van der Waals surface area (Å²) in [7, 11) is 0. The van der Waals surface area contributed by atoms with Gasteiger partial charge in [-0.05, 0) is 36.8 Å². The third-order valence-electron chi connectivity index (χ3n) is 3.34. The predicted molar refractivity (Wildman–Crippen MR) is 103 cm³/mol. The fraction of sp³-hybridized carbons (Fsp3) is 0.111. The lowest BCUT2D eigenvalue weighted by molar-refractivity contribution is -0.384. The van der Waals surface area contributed by atoms with E-state index in [1.165, 1.54) is 43.3 Å². The maximum atomic E-state index is 12.1. The normalized spacial score (nSPS) is 11.8. The van der Waals surface area contributed by atoms with E-state index in [1.807, 2.05) is 0 Å². The number of rotatable bonds is 6. The lowest BCUT2D eigenvalue weighted by atomic mass is 10.2. The second-order valence-electron chi connectivity index (χ2n) is 5.38. The number of nitro groups is 1. The van der Waals surface area contributed by atoms with Gasteiger partial charge < -0.3 is 10.1 Å². The van der Waals surface area contributed by atoms with Crippen molar-refractivity contribution < 1.29 is 19.2 Å². The van der Waals surface area contributed by atoms with Crippen molar-refractivity contribution >= 4 is 52.5 Å². The van der Waals surface area contributed by atoms with Crippen LogP contribution in [-0.2, 0) is 14.3 Å². The average Bonchev–Trinajstić information content (AvgIpc) is 2.62. The number of halogens is 2. The zero-order chi connectivity index (χ0) is 20.0. The molecule has 2 rings (SSSR count). The number of nitrogens with zero attached hydrogens (tertiary/aromatic N) is 1. The molecule has 0 fully saturated rings. The molecule has 0 aliphatic carbocycles. The van der Waals surface area contributed by atoms with E-state index in [1.54, 1.807) is 12.1 Å².